The Hall–Kier alpha value is -2.32. The highest BCUT2D eigenvalue weighted by molar-refractivity contribution is 7.00. The molecule has 3 aromatic carbocycles. The van der Waals surface area contributed by atoms with Gasteiger partial charge in [0.25, 0.3) is 0 Å². The topological polar surface area (TPSA) is 12.0 Å². The number of benzene rings is 3. The van der Waals surface area contributed by atoms with Crippen molar-refractivity contribution in [3.63, 3.8) is 0 Å². The van der Waals surface area contributed by atoms with Crippen molar-refractivity contribution in [2.24, 2.45) is 0 Å². The van der Waals surface area contributed by atoms with Crippen LogP contribution in [0.25, 0.3) is 0 Å². The second-order valence-electron chi connectivity index (χ2n) is 6.06. The molecule has 1 nitrogen and oxygen atoms in total. The highest BCUT2D eigenvalue weighted by Crippen LogP contribution is 2.15. The number of nitrogens with one attached hydrogen (secondary N) is 1. The molecule has 1 N–H and O–H groups in total. The molecule has 2 heteroatoms. The second-order valence-corrected chi connectivity index (χ2v) is 10.5. The van der Waals surface area contributed by atoms with E-state index in [0.717, 1.165) is 11.4 Å². The van der Waals surface area contributed by atoms with Gasteiger partial charge in [-0.1, -0.05) is 84.1 Å². The zero-order chi connectivity index (χ0) is 15.4. The predicted molar refractivity (Wildman–Crippen MR) is 99.4 cm³/mol. The minimum atomic E-state index is -1.60. The second kappa shape index (κ2) is 6.20. The summed E-state index contributed by atoms with van der Waals surface area (Å²) in [7, 11) is -1.60. The summed E-state index contributed by atoms with van der Waals surface area (Å²) in [4.78, 5) is 0. The molecule has 0 aliphatic carbocycles. The first-order chi connectivity index (χ1) is 10.7. The number of rotatable bonds is 4. The molecule has 3 aromatic rings. The fourth-order valence-electron chi connectivity index (χ4n) is 2.68. The van der Waals surface area contributed by atoms with E-state index in [1.54, 1.807) is 0 Å². The van der Waals surface area contributed by atoms with Gasteiger partial charge in [-0.3, -0.25) is 0 Å². The van der Waals surface area contributed by atoms with Gasteiger partial charge in [0.15, 0.2) is 0 Å². The molecule has 0 saturated heterocycles. The van der Waals surface area contributed by atoms with Gasteiger partial charge in [0, 0.05) is 11.4 Å². The molecule has 0 unspecified atom stereocenters. The Morgan fingerprint density at radius 3 is 1.59 bits per heavy atom. The molecule has 0 aliphatic rings. The molecule has 0 amide bonds. The van der Waals surface area contributed by atoms with E-state index >= 15 is 0 Å². The van der Waals surface area contributed by atoms with Crippen LogP contribution in [-0.4, -0.2) is 8.07 Å². The Balaban J connectivity index is 1.82. The first-order valence-electron chi connectivity index (χ1n) is 7.64. The highest BCUT2D eigenvalue weighted by atomic mass is 28.3. The fourth-order valence-corrected chi connectivity index (χ4v) is 5.04. The highest BCUT2D eigenvalue weighted by Gasteiger charge is 2.25. The summed E-state index contributed by atoms with van der Waals surface area (Å²) in [6.45, 7) is 4.81. The van der Waals surface area contributed by atoms with Gasteiger partial charge < -0.3 is 5.32 Å². The van der Waals surface area contributed by atoms with E-state index < -0.39 is 8.07 Å². The van der Waals surface area contributed by atoms with Crippen LogP contribution in [0.4, 0.5) is 11.4 Å². The predicted octanol–water partition coefficient (Wildman–Crippen LogP) is 4.25. The van der Waals surface area contributed by atoms with E-state index in [1.165, 1.54) is 10.4 Å². The lowest BCUT2D eigenvalue weighted by atomic mass is 10.3. The monoisotopic (exact) mass is 303 g/mol. The Morgan fingerprint density at radius 1 is 0.545 bits per heavy atom. The van der Waals surface area contributed by atoms with Gasteiger partial charge in [-0.2, -0.15) is 0 Å². The molecular weight excluding hydrogens is 282 g/mol. The average molecular weight is 303 g/mol. The zero-order valence-corrected chi connectivity index (χ0v) is 14.1. The number of hydrogen-bond donors (Lipinski definition) is 1. The molecular formula is C20H21NSi. The Morgan fingerprint density at radius 2 is 1.00 bits per heavy atom. The number of hydrogen-bond acceptors (Lipinski definition) is 1. The molecule has 0 bridgehead atoms. The van der Waals surface area contributed by atoms with Crippen LogP contribution in [0.3, 0.4) is 0 Å². The van der Waals surface area contributed by atoms with Crippen LogP contribution in [0.15, 0.2) is 84.9 Å². The third kappa shape index (κ3) is 3.12. The molecule has 0 aromatic heterocycles. The van der Waals surface area contributed by atoms with Crippen LogP contribution in [0, 0.1) is 0 Å². The summed E-state index contributed by atoms with van der Waals surface area (Å²) in [6.07, 6.45) is 0. The van der Waals surface area contributed by atoms with Crippen molar-refractivity contribution in [3.8, 4) is 0 Å². The molecule has 0 fully saturated rings. The van der Waals surface area contributed by atoms with E-state index in [2.05, 4.69) is 85.1 Å². The van der Waals surface area contributed by atoms with Gasteiger partial charge in [0.1, 0.15) is 8.07 Å². The van der Waals surface area contributed by atoms with Gasteiger partial charge in [0.2, 0.25) is 0 Å². The minimum Gasteiger partial charge on any atom is -0.356 e. The van der Waals surface area contributed by atoms with E-state index in [0.29, 0.717) is 0 Å². The zero-order valence-electron chi connectivity index (χ0n) is 13.1. The summed E-state index contributed by atoms with van der Waals surface area (Å²) in [5, 5.41) is 6.36. The van der Waals surface area contributed by atoms with Gasteiger partial charge in [0.05, 0.1) is 0 Å². The molecule has 110 valence electrons. The molecule has 0 aliphatic heterocycles. The lowest BCUT2D eigenvalue weighted by Crippen LogP contribution is -2.52. The van der Waals surface area contributed by atoms with Crippen LogP contribution in [-0.2, 0) is 0 Å². The first-order valence-corrected chi connectivity index (χ1v) is 10.6. The van der Waals surface area contributed by atoms with Crippen molar-refractivity contribution < 1.29 is 0 Å². The van der Waals surface area contributed by atoms with E-state index in [-0.39, 0.29) is 0 Å². The standard InChI is InChI=1S/C20H21NSi/c1-22(2,19-11-7-4-8-12-19)20-15-13-18(14-16-20)21-17-9-5-3-6-10-17/h3-16,21H,1-2H3. The molecule has 0 radical (unpaired) electrons. The van der Waals surface area contributed by atoms with Gasteiger partial charge >= 0.3 is 0 Å². The lowest BCUT2D eigenvalue weighted by molar-refractivity contribution is 1.55. The summed E-state index contributed by atoms with van der Waals surface area (Å²) in [5.41, 5.74) is 2.25. The smallest absolute Gasteiger partial charge is 0.112 e. The van der Waals surface area contributed by atoms with Crippen molar-refractivity contribution in [2.75, 3.05) is 5.32 Å². The molecule has 0 saturated carbocycles. The van der Waals surface area contributed by atoms with Crippen molar-refractivity contribution in [1.82, 2.24) is 0 Å². The number of para-hydroxylation sites is 1. The maximum Gasteiger partial charge on any atom is 0.112 e. The molecule has 22 heavy (non-hydrogen) atoms. The summed E-state index contributed by atoms with van der Waals surface area (Å²) in [6, 6.07) is 30.0. The maximum atomic E-state index is 3.44. The summed E-state index contributed by atoms with van der Waals surface area (Å²) in [5.74, 6) is 0. The normalized spacial score (nSPS) is 11.2. The largest absolute Gasteiger partial charge is 0.356 e. The summed E-state index contributed by atoms with van der Waals surface area (Å²) < 4.78 is 0. The quantitative estimate of drug-likeness (QED) is 0.710. The Bertz CT molecular complexity index is 719. The van der Waals surface area contributed by atoms with Crippen molar-refractivity contribution >= 4 is 29.8 Å². The van der Waals surface area contributed by atoms with Crippen molar-refractivity contribution in [3.05, 3.63) is 84.9 Å². The van der Waals surface area contributed by atoms with Crippen LogP contribution in [0.5, 0.6) is 0 Å². The SMILES string of the molecule is C[Si](C)(c1ccccc1)c1ccc(Nc2ccccc2)cc1. The molecule has 0 heterocycles. The minimum absolute atomic E-state index is 1.12. The van der Waals surface area contributed by atoms with Crippen LogP contribution in [0.1, 0.15) is 0 Å². The first kappa shape index (κ1) is 14.6. The van der Waals surface area contributed by atoms with Crippen molar-refractivity contribution in [2.45, 2.75) is 13.1 Å². The maximum absolute atomic E-state index is 3.44. The van der Waals surface area contributed by atoms with E-state index in [1.807, 2.05) is 18.2 Å². The van der Waals surface area contributed by atoms with Gasteiger partial charge in [-0.15, -0.1) is 0 Å². The molecule has 3 rings (SSSR count). The van der Waals surface area contributed by atoms with E-state index in [9.17, 15) is 0 Å². The fraction of sp³-hybridized carbons (Fsp3) is 0.100. The van der Waals surface area contributed by atoms with E-state index in [4.69, 9.17) is 0 Å². The average Bonchev–Trinajstić information content (AvgIpc) is 2.57. The lowest BCUT2D eigenvalue weighted by Gasteiger charge is -2.24. The van der Waals surface area contributed by atoms with Crippen LogP contribution in [0.2, 0.25) is 13.1 Å². The number of anilines is 2. The third-order valence-electron chi connectivity index (χ3n) is 4.16. The van der Waals surface area contributed by atoms with Crippen molar-refractivity contribution in [1.29, 1.82) is 0 Å². The van der Waals surface area contributed by atoms with Crippen LogP contribution >= 0.6 is 0 Å². The molecule has 0 spiro atoms. The Kier molecular flexibility index (Phi) is 4.12. The van der Waals surface area contributed by atoms with Gasteiger partial charge in [-0.25, -0.2) is 0 Å². The van der Waals surface area contributed by atoms with Gasteiger partial charge in [-0.05, 0) is 24.3 Å². The molecule has 0 atom stereocenters. The summed E-state index contributed by atoms with van der Waals surface area (Å²) >= 11 is 0. The van der Waals surface area contributed by atoms with Crippen LogP contribution < -0.4 is 15.7 Å². The third-order valence-corrected chi connectivity index (χ3v) is 7.72. The Labute approximate surface area is 133 Å².